The van der Waals surface area contributed by atoms with Crippen molar-refractivity contribution in [1.82, 2.24) is 5.32 Å². The van der Waals surface area contributed by atoms with Gasteiger partial charge in [-0.3, -0.25) is 4.79 Å². The maximum atomic E-state index is 11.4. The van der Waals surface area contributed by atoms with Crippen LogP contribution in [-0.4, -0.2) is 45.8 Å². The molecule has 6 heteroatoms. The van der Waals surface area contributed by atoms with Crippen LogP contribution < -0.4 is 10.6 Å². The van der Waals surface area contributed by atoms with Gasteiger partial charge in [0, 0.05) is 19.3 Å². The first-order valence-corrected chi connectivity index (χ1v) is 5.85. The number of nitrogens with one attached hydrogen (secondary N) is 2. The zero-order valence-electron chi connectivity index (χ0n) is 11.1. The average molecular weight is 266 g/mol. The van der Waals surface area contributed by atoms with Crippen molar-refractivity contribution >= 4 is 17.6 Å². The largest absolute Gasteiger partial charge is 0.465 e. The number of esters is 1. The number of anilines is 1. The minimum Gasteiger partial charge on any atom is -0.465 e. The summed E-state index contributed by atoms with van der Waals surface area (Å²) in [6.07, 6.45) is 0. The van der Waals surface area contributed by atoms with Crippen LogP contribution in [0.4, 0.5) is 5.69 Å². The molecule has 0 unspecified atom stereocenters. The third-order valence-electron chi connectivity index (χ3n) is 2.37. The molecule has 0 bridgehead atoms. The normalized spacial score (nSPS) is 9.79. The average Bonchev–Trinajstić information content (AvgIpc) is 2.45. The number of rotatable bonds is 7. The van der Waals surface area contributed by atoms with Gasteiger partial charge in [0.05, 0.1) is 25.8 Å². The number of carbonyl (C=O) groups is 2. The van der Waals surface area contributed by atoms with E-state index >= 15 is 0 Å². The Labute approximate surface area is 112 Å². The molecular formula is C13H18N2O4. The SMILES string of the molecule is COCCNC(=O)CNc1cccc(C(=O)OC)c1. The second-order valence-electron chi connectivity index (χ2n) is 3.77. The van der Waals surface area contributed by atoms with Crippen LogP contribution in [0.1, 0.15) is 10.4 Å². The van der Waals surface area contributed by atoms with Gasteiger partial charge in [0.15, 0.2) is 0 Å². The van der Waals surface area contributed by atoms with Crippen LogP contribution in [0.3, 0.4) is 0 Å². The second-order valence-corrected chi connectivity index (χ2v) is 3.77. The molecule has 2 N–H and O–H groups in total. The van der Waals surface area contributed by atoms with E-state index in [1.54, 1.807) is 31.4 Å². The van der Waals surface area contributed by atoms with Crippen molar-refractivity contribution in [3.05, 3.63) is 29.8 Å². The summed E-state index contributed by atoms with van der Waals surface area (Å²) in [5, 5.41) is 5.61. The highest BCUT2D eigenvalue weighted by molar-refractivity contribution is 5.90. The van der Waals surface area contributed by atoms with E-state index < -0.39 is 5.97 Å². The Morgan fingerprint density at radius 1 is 1.26 bits per heavy atom. The number of hydrogen-bond donors (Lipinski definition) is 2. The van der Waals surface area contributed by atoms with Gasteiger partial charge >= 0.3 is 5.97 Å². The van der Waals surface area contributed by atoms with Gasteiger partial charge in [-0.2, -0.15) is 0 Å². The molecule has 0 aliphatic heterocycles. The Balaban J connectivity index is 2.44. The van der Waals surface area contributed by atoms with Gasteiger partial charge in [-0.25, -0.2) is 4.79 Å². The first kappa shape index (κ1) is 15.0. The van der Waals surface area contributed by atoms with Crippen LogP contribution in [-0.2, 0) is 14.3 Å². The number of hydrogen-bond acceptors (Lipinski definition) is 5. The summed E-state index contributed by atoms with van der Waals surface area (Å²) in [5.41, 5.74) is 1.12. The maximum absolute atomic E-state index is 11.4. The molecule has 0 radical (unpaired) electrons. The molecule has 0 aromatic heterocycles. The van der Waals surface area contributed by atoms with Gasteiger partial charge in [-0.05, 0) is 18.2 Å². The van der Waals surface area contributed by atoms with Crippen molar-refractivity contribution in [2.45, 2.75) is 0 Å². The third-order valence-corrected chi connectivity index (χ3v) is 2.37. The molecule has 0 aliphatic carbocycles. The van der Waals surface area contributed by atoms with Gasteiger partial charge in [0.25, 0.3) is 0 Å². The predicted molar refractivity (Wildman–Crippen MR) is 71.2 cm³/mol. The topological polar surface area (TPSA) is 76.7 Å². The highest BCUT2D eigenvalue weighted by Crippen LogP contribution is 2.10. The van der Waals surface area contributed by atoms with E-state index in [0.29, 0.717) is 24.4 Å². The Morgan fingerprint density at radius 2 is 2.05 bits per heavy atom. The smallest absolute Gasteiger partial charge is 0.337 e. The van der Waals surface area contributed by atoms with Gasteiger partial charge in [0.2, 0.25) is 5.91 Å². The first-order chi connectivity index (χ1) is 9.17. The molecule has 0 fully saturated rings. The quantitative estimate of drug-likeness (QED) is 0.559. The van der Waals surface area contributed by atoms with Crippen molar-refractivity contribution in [3.8, 4) is 0 Å². The van der Waals surface area contributed by atoms with Crippen LogP contribution in [0.2, 0.25) is 0 Å². The molecule has 1 aromatic carbocycles. The standard InChI is InChI=1S/C13H18N2O4/c1-18-7-6-14-12(16)9-15-11-5-3-4-10(8-11)13(17)19-2/h3-5,8,15H,6-7,9H2,1-2H3,(H,14,16). The van der Waals surface area contributed by atoms with Gasteiger partial charge in [-0.1, -0.05) is 6.07 Å². The van der Waals surface area contributed by atoms with E-state index in [0.717, 1.165) is 0 Å². The minimum atomic E-state index is -0.409. The van der Waals surface area contributed by atoms with Gasteiger partial charge in [0.1, 0.15) is 0 Å². The third kappa shape index (κ3) is 5.39. The molecule has 1 amide bonds. The number of methoxy groups -OCH3 is 2. The van der Waals surface area contributed by atoms with Crippen LogP contribution in [0.25, 0.3) is 0 Å². The van der Waals surface area contributed by atoms with E-state index in [1.165, 1.54) is 7.11 Å². The van der Waals surface area contributed by atoms with Crippen LogP contribution >= 0.6 is 0 Å². The number of amides is 1. The molecule has 1 aromatic rings. The van der Waals surface area contributed by atoms with Crippen molar-refractivity contribution < 1.29 is 19.1 Å². The molecule has 0 heterocycles. The fraction of sp³-hybridized carbons (Fsp3) is 0.385. The molecule has 6 nitrogen and oxygen atoms in total. The zero-order chi connectivity index (χ0) is 14.1. The highest BCUT2D eigenvalue weighted by Gasteiger charge is 2.06. The summed E-state index contributed by atoms with van der Waals surface area (Å²) in [6.45, 7) is 1.08. The van der Waals surface area contributed by atoms with Crippen LogP contribution in [0.15, 0.2) is 24.3 Å². The second kappa shape index (κ2) is 8.10. The lowest BCUT2D eigenvalue weighted by atomic mass is 10.2. The van der Waals surface area contributed by atoms with E-state index in [4.69, 9.17) is 4.74 Å². The predicted octanol–water partition coefficient (Wildman–Crippen LogP) is 0.648. The molecule has 0 saturated carbocycles. The van der Waals surface area contributed by atoms with Crippen molar-refractivity contribution in [3.63, 3.8) is 0 Å². The fourth-order valence-electron chi connectivity index (χ4n) is 1.41. The molecule has 0 atom stereocenters. The van der Waals surface area contributed by atoms with Gasteiger partial charge < -0.3 is 20.1 Å². The fourth-order valence-corrected chi connectivity index (χ4v) is 1.41. The molecule has 1 rings (SSSR count). The summed E-state index contributed by atoms with van der Waals surface area (Å²) < 4.78 is 9.45. The van der Waals surface area contributed by atoms with Crippen LogP contribution in [0, 0.1) is 0 Å². The molecule has 19 heavy (non-hydrogen) atoms. The summed E-state index contributed by atoms with van der Waals surface area (Å²) in [5.74, 6) is -0.547. The van der Waals surface area contributed by atoms with Crippen molar-refractivity contribution in [1.29, 1.82) is 0 Å². The summed E-state index contributed by atoms with van der Waals surface area (Å²) in [4.78, 5) is 22.8. The van der Waals surface area contributed by atoms with Crippen molar-refractivity contribution in [2.24, 2.45) is 0 Å². The molecule has 0 aliphatic rings. The summed E-state index contributed by atoms with van der Waals surface area (Å²) in [7, 11) is 2.90. The Morgan fingerprint density at radius 3 is 2.74 bits per heavy atom. The maximum Gasteiger partial charge on any atom is 0.337 e. The molecule has 0 saturated heterocycles. The monoisotopic (exact) mass is 266 g/mol. The Kier molecular flexibility index (Phi) is 6.38. The van der Waals surface area contributed by atoms with E-state index in [-0.39, 0.29) is 12.5 Å². The zero-order valence-corrected chi connectivity index (χ0v) is 11.1. The van der Waals surface area contributed by atoms with Crippen LogP contribution in [0.5, 0.6) is 0 Å². The van der Waals surface area contributed by atoms with Crippen molar-refractivity contribution in [2.75, 3.05) is 39.2 Å². The summed E-state index contributed by atoms with van der Waals surface area (Å²) in [6, 6.07) is 6.77. The lowest BCUT2D eigenvalue weighted by Crippen LogP contribution is -2.32. The number of ether oxygens (including phenoxy) is 2. The number of benzene rings is 1. The minimum absolute atomic E-state index is 0.133. The molecular weight excluding hydrogens is 248 g/mol. The summed E-state index contributed by atoms with van der Waals surface area (Å²) >= 11 is 0. The van der Waals surface area contributed by atoms with E-state index in [1.807, 2.05) is 0 Å². The van der Waals surface area contributed by atoms with Gasteiger partial charge in [-0.15, -0.1) is 0 Å². The highest BCUT2D eigenvalue weighted by atomic mass is 16.5. The van der Waals surface area contributed by atoms with E-state index in [2.05, 4.69) is 15.4 Å². The lowest BCUT2D eigenvalue weighted by Gasteiger charge is -2.08. The molecule has 0 spiro atoms. The lowest BCUT2D eigenvalue weighted by molar-refractivity contribution is -0.119. The first-order valence-electron chi connectivity index (χ1n) is 5.85. The molecule has 104 valence electrons. The Bertz CT molecular complexity index is 434. The number of carbonyl (C=O) groups excluding carboxylic acids is 2. The van der Waals surface area contributed by atoms with E-state index in [9.17, 15) is 9.59 Å². The Hall–Kier alpha value is -2.08.